The lowest BCUT2D eigenvalue weighted by Gasteiger charge is -2.05. The highest BCUT2D eigenvalue weighted by atomic mass is 16.3. The fourth-order valence-electron chi connectivity index (χ4n) is 2.32. The minimum atomic E-state index is 0.441. The van der Waals surface area contributed by atoms with Gasteiger partial charge in [0.15, 0.2) is 5.82 Å². The second-order valence-corrected chi connectivity index (χ2v) is 4.58. The number of nitrogen functional groups attached to an aromatic ring is 1. The highest BCUT2D eigenvalue weighted by Crippen LogP contribution is 2.29. The largest absolute Gasteiger partial charge is 0.470 e. The van der Waals surface area contributed by atoms with E-state index in [1.54, 1.807) is 6.26 Å². The summed E-state index contributed by atoms with van der Waals surface area (Å²) < 4.78 is 7.15. The van der Waals surface area contributed by atoms with Crippen molar-refractivity contribution in [1.29, 1.82) is 0 Å². The quantitative estimate of drug-likeness (QED) is 0.587. The first kappa shape index (κ1) is 11.6. The molecule has 3 heterocycles. The van der Waals surface area contributed by atoms with Crippen LogP contribution in [0, 0.1) is 0 Å². The fourth-order valence-corrected chi connectivity index (χ4v) is 2.32. The lowest BCUT2D eigenvalue weighted by Crippen LogP contribution is -2.04. The molecule has 0 atom stereocenters. The van der Waals surface area contributed by atoms with E-state index in [-0.39, 0.29) is 0 Å². The summed E-state index contributed by atoms with van der Waals surface area (Å²) in [6, 6.07) is 7.83. The van der Waals surface area contributed by atoms with Crippen LogP contribution in [-0.2, 0) is 6.54 Å². The number of tetrazole rings is 1. The van der Waals surface area contributed by atoms with Crippen molar-refractivity contribution < 1.29 is 4.42 Å². The molecule has 1 aromatic carbocycles. The molecule has 0 fully saturated rings. The molecule has 3 N–H and O–H groups in total. The van der Waals surface area contributed by atoms with Crippen LogP contribution in [0.5, 0.6) is 0 Å². The Balaban J connectivity index is 1.95. The van der Waals surface area contributed by atoms with E-state index in [4.69, 9.17) is 10.2 Å². The first-order valence-corrected chi connectivity index (χ1v) is 6.32. The SMILES string of the molecule is Nc1cocc1-c1nc2ccccc2n1Cc1nn[nH]n1. The standard InChI is InChI=1S/C13H11N7O/c14-9-7-21-6-8(9)13-15-10-3-1-2-4-11(10)20(13)5-12-16-18-19-17-12/h1-4,6-7H,5,14H2,(H,16,17,18,19). The maximum Gasteiger partial charge on any atom is 0.194 e. The van der Waals surface area contributed by atoms with E-state index in [0.29, 0.717) is 23.9 Å². The first-order valence-electron chi connectivity index (χ1n) is 6.32. The molecule has 0 saturated heterocycles. The van der Waals surface area contributed by atoms with Crippen LogP contribution in [0.15, 0.2) is 41.2 Å². The van der Waals surface area contributed by atoms with Crippen LogP contribution in [0.25, 0.3) is 22.4 Å². The number of aromatic amines is 1. The van der Waals surface area contributed by atoms with Gasteiger partial charge in [-0.2, -0.15) is 5.21 Å². The van der Waals surface area contributed by atoms with Crippen LogP contribution < -0.4 is 5.73 Å². The van der Waals surface area contributed by atoms with Crippen LogP contribution in [0.2, 0.25) is 0 Å². The zero-order chi connectivity index (χ0) is 14.2. The average molecular weight is 281 g/mol. The molecule has 8 nitrogen and oxygen atoms in total. The van der Waals surface area contributed by atoms with Gasteiger partial charge in [-0.05, 0) is 12.1 Å². The predicted octanol–water partition coefficient (Wildman–Crippen LogP) is 1.44. The Morgan fingerprint density at radius 1 is 1.24 bits per heavy atom. The third kappa shape index (κ3) is 1.84. The van der Waals surface area contributed by atoms with Crippen LogP contribution in [0.1, 0.15) is 5.82 Å². The van der Waals surface area contributed by atoms with E-state index in [2.05, 4.69) is 25.6 Å². The van der Waals surface area contributed by atoms with Crippen molar-refractivity contribution in [2.75, 3.05) is 5.73 Å². The van der Waals surface area contributed by atoms with Crippen molar-refractivity contribution in [1.82, 2.24) is 30.2 Å². The van der Waals surface area contributed by atoms with Crippen LogP contribution >= 0.6 is 0 Å². The Kier molecular flexibility index (Phi) is 2.46. The third-order valence-electron chi connectivity index (χ3n) is 3.28. The predicted molar refractivity (Wildman–Crippen MR) is 75.1 cm³/mol. The molecule has 0 aliphatic carbocycles. The van der Waals surface area contributed by atoms with Gasteiger partial charge in [0.2, 0.25) is 0 Å². The minimum absolute atomic E-state index is 0.441. The number of nitrogens with one attached hydrogen (secondary N) is 1. The summed E-state index contributed by atoms with van der Waals surface area (Å²) in [5, 5.41) is 14.0. The molecule has 0 unspecified atom stereocenters. The minimum Gasteiger partial charge on any atom is -0.470 e. The van der Waals surface area contributed by atoms with Gasteiger partial charge in [-0.1, -0.05) is 17.3 Å². The Morgan fingerprint density at radius 3 is 2.90 bits per heavy atom. The highest BCUT2D eigenvalue weighted by Gasteiger charge is 2.17. The number of hydrogen-bond donors (Lipinski definition) is 2. The zero-order valence-electron chi connectivity index (χ0n) is 10.9. The number of hydrogen-bond acceptors (Lipinski definition) is 6. The van der Waals surface area contributed by atoms with E-state index in [1.165, 1.54) is 6.26 Å². The number of rotatable bonds is 3. The molecule has 4 aromatic rings. The summed E-state index contributed by atoms with van der Waals surface area (Å²) in [5.74, 6) is 1.29. The molecule has 0 aliphatic heterocycles. The number of nitrogens with zero attached hydrogens (tertiary/aromatic N) is 5. The third-order valence-corrected chi connectivity index (χ3v) is 3.28. The monoisotopic (exact) mass is 281 g/mol. The molecule has 0 radical (unpaired) electrons. The summed E-state index contributed by atoms with van der Waals surface area (Å²) in [5.41, 5.74) is 9.07. The lowest BCUT2D eigenvalue weighted by molar-refractivity contribution is 0.568. The van der Waals surface area contributed by atoms with Gasteiger partial charge in [-0.15, -0.1) is 10.2 Å². The maximum atomic E-state index is 5.94. The second-order valence-electron chi connectivity index (χ2n) is 4.58. The van der Waals surface area contributed by atoms with Gasteiger partial charge in [0.1, 0.15) is 18.4 Å². The van der Waals surface area contributed by atoms with Crippen molar-refractivity contribution in [2.45, 2.75) is 6.54 Å². The number of furan rings is 1. The van der Waals surface area contributed by atoms with Gasteiger partial charge in [0.25, 0.3) is 0 Å². The normalized spacial score (nSPS) is 11.2. The van der Waals surface area contributed by atoms with Crippen LogP contribution in [-0.4, -0.2) is 30.2 Å². The summed E-state index contributed by atoms with van der Waals surface area (Å²) in [6.45, 7) is 0.441. The van der Waals surface area contributed by atoms with Crippen molar-refractivity contribution in [2.24, 2.45) is 0 Å². The van der Waals surface area contributed by atoms with Crippen molar-refractivity contribution in [3.8, 4) is 11.4 Å². The van der Waals surface area contributed by atoms with Crippen LogP contribution in [0.4, 0.5) is 5.69 Å². The van der Waals surface area contributed by atoms with E-state index < -0.39 is 0 Å². The van der Waals surface area contributed by atoms with Gasteiger partial charge in [-0.3, -0.25) is 0 Å². The molecule has 0 bridgehead atoms. The molecular weight excluding hydrogens is 270 g/mol. The number of imidazole rings is 1. The Hall–Kier alpha value is -3.16. The van der Waals surface area contributed by atoms with Gasteiger partial charge in [0, 0.05) is 0 Å². The van der Waals surface area contributed by atoms with Gasteiger partial charge in [0.05, 0.1) is 28.8 Å². The number of aromatic nitrogens is 6. The number of benzene rings is 1. The smallest absolute Gasteiger partial charge is 0.194 e. The van der Waals surface area contributed by atoms with Gasteiger partial charge >= 0.3 is 0 Å². The molecule has 0 spiro atoms. The molecule has 0 aliphatic rings. The Bertz CT molecular complexity index is 890. The number of nitrogens with two attached hydrogens (primary N) is 1. The average Bonchev–Trinajstić information content (AvgIpc) is 3.20. The fraction of sp³-hybridized carbons (Fsp3) is 0.0769. The zero-order valence-corrected chi connectivity index (χ0v) is 10.9. The van der Waals surface area contributed by atoms with Crippen molar-refractivity contribution in [3.05, 3.63) is 42.6 Å². The van der Waals surface area contributed by atoms with Gasteiger partial charge < -0.3 is 14.7 Å². The number of para-hydroxylation sites is 2. The topological polar surface area (TPSA) is 111 Å². The number of fused-ring (bicyclic) bond motifs is 1. The molecule has 8 heteroatoms. The Morgan fingerprint density at radius 2 is 2.14 bits per heavy atom. The van der Waals surface area contributed by atoms with E-state index >= 15 is 0 Å². The van der Waals surface area contributed by atoms with E-state index in [0.717, 1.165) is 16.6 Å². The first-order chi connectivity index (χ1) is 10.3. The number of H-pyrrole nitrogens is 1. The van der Waals surface area contributed by atoms with Crippen LogP contribution in [0.3, 0.4) is 0 Å². The molecule has 0 saturated carbocycles. The summed E-state index contributed by atoms with van der Waals surface area (Å²) in [7, 11) is 0. The molecule has 21 heavy (non-hydrogen) atoms. The van der Waals surface area contributed by atoms with Crippen molar-refractivity contribution in [3.63, 3.8) is 0 Å². The molecule has 3 aromatic heterocycles. The summed E-state index contributed by atoms with van der Waals surface area (Å²) in [4.78, 5) is 4.63. The second kappa shape index (κ2) is 4.44. The molecule has 0 amide bonds. The summed E-state index contributed by atoms with van der Waals surface area (Å²) >= 11 is 0. The number of anilines is 1. The Labute approximate surface area is 118 Å². The van der Waals surface area contributed by atoms with Gasteiger partial charge in [-0.25, -0.2) is 4.98 Å². The van der Waals surface area contributed by atoms with E-state index in [9.17, 15) is 0 Å². The molecular formula is C13H11N7O. The van der Waals surface area contributed by atoms with Crippen molar-refractivity contribution >= 4 is 16.7 Å². The van der Waals surface area contributed by atoms with E-state index in [1.807, 2.05) is 28.8 Å². The lowest BCUT2D eigenvalue weighted by atomic mass is 10.3. The molecule has 104 valence electrons. The highest BCUT2D eigenvalue weighted by molar-refractivity contribution is 5.83. The molecule has 4 rings (SSSR count). The summed E-state index contributed by atoms with van der Waals surface area (Å²) in [6.07, 6.45) is 3.08. The maximum absolute atomic E-state index is 5.94.